The molecule has 2 heterocycles. The van der Waals surface area contributed by atoms with E-state index >= 15 is 0 Å². The van der Waals surface area contributed by atoms with E-state index in [0.29, 0.717) is 12.0 Å². The molecular formula is C25H22FNO3S. The Kier molecular flexibility index (Phi) is 5.74. The van der Waals surface area contributed by atoms with E-state index in [4.69, 9.17) is 0 Å². The van der Waals surface area contributed by atoms with Crippen molar-refractivity contribution < 1.29 is 19.1 Å². The van der Waals surface area contributed by atoms with Gasteiger partial charge in [-0.25, -0.2) is 4.39 Å². The number of aliphatic hydroxyl groups is 1. The Morgan fingerprint density at radius 1 is 1.06 bits per heavy atom. The minimum Gasteiger partial charge on any atom is -0.507 e. The van der Waals surface area contributed by atoms with Gasteiger partial charge in [-0.3, -0.25) is 9.59 Å². The number of amides is 1. The van der Waals surface area contributed by atoms with E-state index in [2.05, 4.69) is 0 Å². The van der Waals surface area contributed by atoms with Gasteiger partial charge >= 0.3 is 0 Å². The molecule has 1 aromatic heterocycles. The summed E-state index contributed by atoms with van der Waals surface area (Å²) in [6, 6.07) is 14.6. The number of rotatable bonds is 5. The normalized spacial score (nSPS) is 18.0. The molecule has 1 atom stereocenters. The van der Waals surface area contributed by atoms with Crippen molar-refractivity contribution in [2.45, 2.75) is 26.3 Å². The lowest BCUT2D eigenvalue weighted by molar-refractivity contribution is -0.139. The van der Waals surface area contributed by atoms with Crippen LogP contribution in [0.2, 0.25) is 0 Å². The lowest BCUT2D eigenvalue weighted by atomic mass is 9.97. The highest BCUT2D eigenvalue weighted by molar-refractivity contribution is 7.10. The molecule has 0 radical (unpaired) electrons. The Labute approximate surface area is 184 Å². The molecule has 1 saturated heterocycles. The highest BCUT2D eigenvalue weighted by Crippen LogP contribution is 2.41. The number of hydrogen-bond acceptors (Lipinski definition) is 4. The number of aryl methyl sites for hydroxylation is 2. The maximum absolute atomic E-state index is 13.2. The molecule has 2 aromatic carbocycles. The van der Waals surface area contributed by atoms with Gasteiger partial charge in [-0.1, -0.05) is 30.3 Å². The Balaban J connectivity index is 1.74. The van der Waals surface area contributed by atoms with Crippen molar-refractivity contribution in [3.05, 3.63) is 98.5 Å². The molecule has 1 unspecified atom stereocenters. The third-order valence-electron chi connectivity index (χ3n) is 5.69. The number of carbonyl (C=O) groups is 2. The van der Waals surface area contributed by atoms with Gasteiger partial charge in [-0.2, -0.15) is 0 Å². The lowest BCUT2D eigenvalue weighted by Crippen LogP contribution is -2.31. The summed E-state index contributed by atoms with van der Waals surface area (Å²) in [5, 5.41) is 12.9. The summed E-state index contributed by atoms with van der Waals surface area (Å²) in [5.41, 5.74) is 3.55. The van der Waals surface area contributed by atoms with Crippen LogP contribution in [0.5, 0.6) is 0 Å². The van der Waals surface area contributed by atoms with Crippen molar-refractivity contribution in [3.63, 3.8) is 0 Å². The molecule has 1 aliphatic rings. The summed E-state index contributed by atoms with van der Waals surface area (Å²) in [6.45, 7) is 4.19. The van der Waals surface area contributed by atoms with Crippen LogP contribution >= 0.6 is 11.3 Å². The number of carbonyl (C=O) groups excluding carboxylic acids is 2. The fourth-order valence-corrected chi connectivity index (χ4v) is 4.64. The largest absolute Gasteiger partial charge is 0.507 e. The summed E-state index contributed by atoms with van der Waals surface area (Å²) >= 11 is 1.43. The quantitative estimate of drug-likeness (QED) is 0.342. The second kappa shape index (κ2) is 8.47. The van der Waals surface area contributed by atoms with Crippen molar-refractivity contribution >= 4 is 28.8 Å². The third-order valence-corrected chi connectivity index (χ3v) is 6.61. The Morgan fingerprint density at radius 3 is 2.45 bits per heavy atom. The first-order valence-electron chi connectivity index (χ1n) is 10.0. The topological polar surface area (TPSA) is 57.6 Å². The number of Topliss-reactive ketones (excluding diaryl/α,β-unsaturated/α-hetero) is 1. The number of likely N-dealkylation sites (tertiary alicyclic amines) is 1. The maximum atomic E-state index is 13.2. The number of benzene rings is 2. The van der Waals surface area contributed by atoms with E-state index in [-0.39, 0.29) is 23.7 Å². The summed E-state index contributed by atoms with van der Waals surface area (Å²) in [6.07, 6.45) is 0.471. The second-order valence-corrected chi connectivity index (χ2v) is 8.66. The first-order chi connectivity index (χ1) is 14.9. The minimum atomic E-state index is -0.687. The smallest absolute Gasteiger partial charge is 0.295 e. The van der Waals surface area contributed by atoms with Gasteiger partial charge in [-0.15, -0.1) is 11.3 Å². The molecule has 4 nitrogen and oxygen atoms in total. The molecule has 158 valence electrons. The molecule has 0 saturated carbocycles. The lowest BCUT2D eigenvalue weighted by Gasteiger charge is -2.24. The Hall–Kier alpha value is -3.25. The SMILES string of the molecule is Cc1ccc(/C(O)=C2/C(=O)C(=O)N(CCc3ccc(F)cc3)C2c2cccs2)cc1C. The first-order valence-corrected chi connectivity index (χ1v) is 10.9. The molecule has 0 bridgehead atoms. The monoisotopic (exact) mass is 435 g/mol. The first kappa shape index (κ1) is 21.0. The standard InChI is InChI=1S/C25H22FNO3S/c1-15-5-8-18(14-16(15)2)23(28)21-22(20-4-3-13-31-20)27(25(30)24(21)29)12-11-17-6-9-19(26)10-7-17/h3-10,13-14,22,28H,11-12H2,1-2H3/b23-21-. The maximum Gasteiger partial charge on any atom is 0.295 e. The van der Waals surface area contributed by atoms with Crippen LogP contribution in [-0.4, -0.2) is 28.2 Å². The van der Waals surface area contributed by atoms with Crippen LogP contribution < -0.4 is 0 Å². The van der Waals surface area contributed by atoms with Crippen LogP contribution in [0.15, 0.2) is 65.6 Å². The van der Waals surface area contributed by atoms with Crippen LogP contribution in [-0.2, 0) is 16.0 Å². The van der Waals surface area contributed by atoms with Gasteiger partial charge < -0.3 is 10.0 Å². The molecule has 0 aliphatic carbocycles. The van der Waals surface area contributed by atoms with Gasteiger partial charge in [0.2, 0.25) is 0 Å². The zero-order valence-corrected chi connectivity index (χ0v) is 18.1. The fourth-order valence-electron chi connectivity index (χ4n) is 3.80. The van der Waals surface area contributed by atoms with E-state index in [1.807, 2.05) is 43.5 Å². The predicted molar refractivity (Wildman–Crippen MR) is 119 cm³/mol. The summed E-state index contributed by atoms with van der Waals surface area (Å²) in [7, 11) is 0. The van der Waals surface area contributed by atoms with Crippen molar-refractivity contribution in [2.75, 3.05) is 6.54 Å². The van der Waals surface area contributed by atoms with E-state index in [1.54, 1.807) is 18.2 Å². The molecule has 1 fully saturated rings. The number of nitrogens with zero attached hydrogens (tertiary/aromatic N) is 1. The molecular weight excluding hydrogens is 413 g/mol. The average Bonchev–Trinajstić information content (AvgIpc) is 3.37. The van der Waals surface area contributed by atoms with Gasteiger partial charge in [0.1, 0.15) is 11.6 Å². The van der Waals surface area contributed by atoms with Crippen molar-refractivity contribution in [2.24, 2.45) is 0 Å². The highest BCUT2D eigenvalue weighted by atomic mass is 32.1. The van der Waals surface area contributed by atoms with Gasteiger partial charge in [0, 0.05) is 17.0 Å². The summed E-state index contributed by atoms with van der Waals surface area (Å²) in [5.74, 6) is -1.81. The van der Waals surface area contributed by atoms with E-state index in [1.165, 1.54) is 28.4 Å². The Morgan fingerprint density at radius 2 is 1.81 bits per heavy atom. The van der Waals surface area contributed by atoms with Gasteiger partial charge in [-0.05, 0) is 66.6 Å². The molecule has 6 heteroatoms. The zero-order valence-electron chi connectivity index (χ0n) is 17.3. The van der Waals surface area contributed by atoms with Crippen molar-refractivity contribution in [1.82, 2.24) is 4.90 Å². The summed E-state index contributed by atoms with van der Waals surface area (Å²) < 4.78 is 13.2. The van der Waals surface area contributed by atoms with Gasteiger partial charge in [0.15, 0.2) is 0 Å². The van der Waals surface area contributed by atoms with Gasteiger partial charge in [0.05, 0.1) is 11.6 Å². The highest BCUT2D eigenvalue weighted by Gasteiger charge is 2.46. The Bertz CT molecular complexity index is 1170. The van der Waals surface area contributed by atoms with Crippen LogP contribution in [0.1, 0.15) is 33.2 Å². The van der Waals surface area contributed by atoms with E-state index < -0.39 is 17.7 Å². The fraction of sp³-hybridized carbons (Fsp3) is 0.200. The average molecular weight is 436 g/mol. The molecule has 31 heavy (non-hydrogen) atoms. The van der Waals surface area contributed by atoms with Crippen LogP contribution in [0.25, 0.3) is 5.76 Å². The number of ketones is 1. The summed E-state index contributed by atoms with van der Waals surface area (Å²) in [4.78, 5) is 28.2. The minimum absolute atomic E-state index is 0.106. The van der Waals surface area contributed by atoms with Crippen molar-refractivity contribution in [3.8, 4) is 0 Å². The zero-order chi connectivity index (χ0) is 22.1. The molecule has 1 N–H and O–H groups in total. The van der Waals surface area contributed by atoms with Gasteiger partial charge in [0.25, 0.3) is 11.7 Å². The number of halogens is 1. The van der Waals surface area contributed by atoms with E-state index in [0.717, 1.165) is 21.6 Å². The third kappa shape index (κ3) is 4.03. The van der Waals surface area contributed by atoms with Crippen molar-refractivity contribution in [1.29, 1.82) is 0 Å². The number of thiophene rings is 1. The molecule has 4 rings (SSSR count). The molecule has 0 spiro atoms. The number of aliphatic hydroxyl groups excluding tert-OH is 1. The second-order valence-electron chi connectivity index (χ2n) is 7.68. The van der Waals surface area contributed by atoms with Crippen LogP contribution in [0, 0.1) is 19.7 Å². The van der Waals surface area contributed by atoms with Crippen LogP contribution in [0.4, 0.5) is 4.39 Å². The number of hydrogen-bond donors (Lipinski definition) is 1. The van der Waals surface area contributed by atoms with Crippen LogP contribution in [0.3, 0.4) is 0 Å². The molecule has 1 amide bonds. The molecule has 1 aliphatic heterocycles. The predicted octanol–water partition coefficient (Wildman–Crippen LogP) is 5.17. The van der Waals surface area contributed by atoms with E-state index in [9.17, 15) is 19.1 Å². The molecule has 3 aromatic rings.